The zero-order chi connectivity index (χ0) is 23.3. The molecule has 1 heterocycles. The zero-order valence-corrected chi connectivity index (χ0v) is 18.6. The number of carbonyl (C=O) groups is 3. The number of allylic oxidation sites excluding steroid dienone is 1. The maximum absolute atomic E-state index is 12.7. The number of nitrogens with one attached hydrogen (secondary N) is 2. The Morgan fingerprint density at radius 3 is 2.41 bits per heavy atom. The van der Waals surface area contributed by atoms with Gasteiger partial charge in [-0.15, -0.1) is 0 Å². The fourth-order valence-corrected chi connectivity index (χ4v) is 3.67. The molecule has 3 amide bonds. The molecule has 0 spiro atoms. The molecule has 1 atom stereocenters. The van der Waals surface area contributed by atoms with E-state index in [0.29, 0.717) is 40.4 Å². The minimum absolute atomic E-state index is 0.232. The first-order valence-electron chi connectivity index (χ1n) is 10.4. The summed E-state index contributed by atoms with van der Waals surface area (Å²) in [5.74, 6) is -0.295. The Morgan fingerprint density at radius 1 is 1.09 bits per heavy atom. The Labute approximate surface area is 187 Å². The van der Waals surface area contributed by atoms with Crippen LogP contribution >= 0.6 is 0 Å². The van der Waals surface area contributed by atoms with Crippen molar-refractivity contribution in [1.82, 2.24) is 10.2 Å². The molecule has 3 rings (SSSR count). The van der Waals surface area contributed by atoms with Gasteiger partial charge in [-0.2, -0.15) is 0 Å². The van der Waals surface area contributed by atoms with Crippen LogP contribution in [0.1, 0.15) is 42.7 Å². The predicted octanol–water partition coefficient (Wildman–Crippen LogP) is 3.87. The van der Waals surface area contributed by atoms with Crippen LogP contribution in [0.5, 0.6) is 5.75 Å². The third-order valence-corrected chi connectivity index (χ3v) is 5.26. The second-order valence-corrected chi connectivity index (χ2v) is 7.12. The number of para-hydroxylation sites is 1. The lowest BCUT2D eigenvalue weighted by atomic mass is 9.94. The van der Waals surface area contributed by atoms with Crippen LogP contribution in [0.2, 0.25) is 0 Å². The lowest BCUT2D eigenvalue weighted by Gasteiger charge is -2.34. The SMILES string of the molecule is CCOC(=O)C1=C(C)N(CC)C(=O)NC1c1ccc(NC(=O)c2ccccc2OC)cc1. The molecular weight excluding hydrogens is 410 g/mol. The lowest BCUT2D eigenvalue weighted by molar-refractivity contribution is -0.139. The standard InChI is InChI=1S/C24H27N3O5/c1-5-27-15(3)20(23(29)32-6-2)21(26-24(27)30)16-11-13-17(14-12-16)25-22(28)18-9-7-8-10-19(18)31-4/h7-14,21H,5-6H2,1-4H3,(H,25,28)(H,26,30). The summed E-state index contributed by atoms with van der Waals surface area (Å²) in [4.78, 5) is 39.3. The van der Waals surface area contributed by atoms with E-state index in [9.17, 15) is 14.4 Å². The molecule has 1 unspecified atom stereocenters. The van der Waals surface area contributed by atoms with Gasteiger partial charge in [-0.1, -0.05) is 24.3 Å². The van der Waals surface area contributed by atoms with Crippen molar-refractivity contribution in [2.45, 2.75) is 26.8 Å². The Morgan fingerprint density at radius 2 is 1.78 bits per heavy atom. The highest BCUT2D eigenvalue weighted by Crippen LogP contribution is 2.32. The molecule has 32 heavy (non-hydrogen) atoms. The van der Waals surface area contributed by atoms with E-state index >= 15 is 0 Å². The van der Waals surface area contributed by atoms with E-state index in [1.165, 1.54) is 12.0 Å². The van der Waals surface area contributed by atoms with Crippen molar-refractivity contribution in [3.8, 4) is 5.75 Å². The third-order valence-electron chi connectivity index (χ3n) is 5.26. The largest absolute Gasteiger partial charge is 0.496 e. The van der Waals surface area contributed by atoms with Crippen LogP contribution in [-0.2, 0) is 9.53 Å². The highest BCUT2D eigenvalue weighted by molar-refractivity contribution is 6.06. The van der Waals surface area contributed by atoms with Crippen molar-refractivity contribution >= 4 is 23.6 Å². The minimum atomic E-state index is -0.650. The molecule has 2 N–H and O–H groups in total. The molecule has 2 aromatic carbocycles. The third kappa shape index (κ3) is 4.59. The van der Waals surface area contributed by atoms with Crippen molar-refractivity contribution in [2.75, 3.05) is 25.6 Å². The number of nitrogens with zero attached hydrogens (tertiary/aromatic N) is 1. The topological polar surface area (TPSA) is 97.0 Å². The minimum Gasteiger partial charge on any atom is -0.496 e. The van der Waals surface area contributed by atoms with E-state index in [4.69, 9.17) is 9.47 Å². The summed E-state index contributed by atoms with van der Waals surface area (Å²) in [5, 5.41) is 5.71. The molecule has 0 fully saturated rings. The second kappa shape index (κ2) is 10.00. The van der Waals surface area contributed by atoms with Gasteiger partial charge < -0.3 is 20.1 Å². The number of hydrogen-bond acceptors (Lipinski definition) is 5. The van der Waals surface area contributed by atoms with Crippen molar-refractivity contribution < 1.29 is 23.9 Å². The van der Waals surface area contributed by atoms with Crippen molar-refractivity contribution in [3.05, 3.63) is 70.9 Å². The van der Waals surface area contributed by atoms with E-state index in [-0.39, 0.29) is 18.5 Å². The van der Waals surface area contributed by atoms with Gasteiger partial charge >= 0.3 is 12.0 Å². The molecule has 8 heteroatoms. The molecule has 1 aliphatic rings. The lowest BCUT2D eigenvalue weighted by Crippen LogP contribution is -2.47. The smallest absolute Gasteiger partial charge is 0.338 e. The molecule has 0 saturated carbocycles. The molecule has 0 aliphatic carbocycles. The van der Waals surface area contributed by atoms with Crippen molar-refractivity contribution in [1.29, 1.82) is 0 Å². The van der Waals surface area contributed by atoms with E-state index < -0.39 is 12.0 Å². The van der Waals surface area contributed by atoms with Crippen molar-refractivity contribution in [3.63, 3.8) is 0 Å². The van der Waals surface area contributed by atoms with Gasteiger partial charge in [0.25, 0.3) is 5.91 Å². The van der Waals surface area contributed by atoms with Gasteiger partial charge in [0, 0.05) is 17.9 Å². The summed E-state index contributed by atoms with van der Waals surface area (Å²) in [5.41, 5.74) is 2.64. The summed E-state index contributed by atoms with van der Waals surface area (Å²) in [7, 11) is 1.51. The Balaban J connectivity index is 1.86. The van der Waals surface area contributed by atoms with Crippen LogP contribution in [0.15, 0.2) is 59.8 Å². The number of amides is 3. The Hall–Kier alpha value is -3.81. The van der Waals surface area contributed by atoms with Crippen LogP contribution in [-0.4, -0.2) is 43.1 Å². The molecular formula is C24H27N3O5. The first-order chi connectivity index (χ1) is 15.4. The number of urea groups is 1. The summed E-state index contributed by atoms with van der Waals surface area (Å²) in [6.07, 6.45) is 0. The van der Waals surface area contributed by atoms with E-state index in [2.05, 4.69) is 10.6 Å². The van der Waals surface area contributed by atoms with Gasteiger partial charge in [-0.05, 0) is 50.6 Å². The van der Waals surface area contributed by atoms with Gasteiger partial charge in [0.05, 0.1) is 30.9 Å². The Kier molecular flexibility index (Phi) is 7.14. The monoisotopic (exact) mass is 437 g/mol. The number of hydrogen-bond donors (Lipinski definition) is 2. The number of benzene rings is 2. The maximum atomic E-state index is 12.7. The number of ether oxygens (including phenoxy) is 2. The van der Waals surface area contributed by atoms with E-state index in [1.54, 1.807) is 62.4 Å². The number of carbonyl (C=O) groups excluding carboxylic acids is 3. The van der Waals surface area contributed by atoms with Gasteiger partial charge in [-0.3, -0.25) is 9.69 Å². The highest BCUT2D eigenvalue weighted by atomic mass is 16.5. The van der Waals surface area contributed by atoms with Crippen LogP contribution in [0.3, 0.4) is 0 Å². The second-order valence-electron chi connectivity index (χ2n) is 7.12. The number of esters is 1. The van der Waals surface area contributed by atoms with Crippen LogP contribution in [0, 0.1) is 0 Å². The Bertz CT molecular complexity index is 1050. The molecule has 8 nitrogen and oxygen atoms in total. The fourth-order valence-electron chi connectivity index (χ4n) is 3.67. The summed E-state index contributed by atoms with van der Waals surface area (Å²) < 4.78 is 10.5. The van der Waals surface area contributed by atoms with Gasteiger partial charge in [0.1, 0.15) is 5.75 Å². The average molecular weight is 437 g/mol. The van der Waals surface area contributed by atoms with Crippen LogP contribution in [0.25, 0.3) is 0 Å². The molecule has 0 saturated heterocycles. The van der Waals surface area contributed by atoms with Crippen LogP contribution in [0.4, 0.5) is 10.5 Å². The predicted molar refractivity (Wildman–Crippen MR) is 120 cm³/mol. The zero-order valence-electron chi connectivity index (χ0n) is 18.6. The molecule has 0 bridgehead atoms. The molecule has 168 valence electrons. The fraction of sp³-hybridized carbons (Fsp3) is 0.292. The summed E-state index contributed by atoms with van der Waals surface area (Å²) >= 11 is 0. The first kappa shape index (κ1) is 22.9. The highest BCUT2D eigenvalue weighted by Gasteiger charge is 2.35. The average Bonchev–Trinajstić information content (AvgIpc) is 2.79. The molecule has 2 aromatic rings. The van der Waals surface area contributed by atoms with E-state index in [0.717, 1.165) is 0 Å². The van der Waals surface area contributed by atoms with E-state index in [1.807, 2.05) is 6.92 Å². The molecule has 1 aliphatic heterocycles. The van der Waals surface area contributed by atoms with Crippen LogP contribution < -0.4 is 15.4 Å². The number of methoxy groups -OCH3 is 1. The number of anilines is 1. The van der Waals surface area contributed by atoms with Gasteiger partial charge in [0.2, 0.25) is 0 Å². The molecule has 0 radical (unpaired) electrons. The normalized spacial score (nSPS) is 15.8. The number of rotatable bonds is 7. The summed E-state index contributed by atoms with van der Waals surface area (Å²) in [6, 6.07) is 13.0. The van der Waals surface area contributed by atoms with Crippen molar-refractivity contribution in [2.24, 2.45) is 0 Å². The summed E-state index contributed by atoms with van der Waals surface area (Å²) in [6.45, 7) is 5.98. The van der Waals surface area contributed by atoms with Gasteiger partial charge in [-0.25, -0.2) is 9.59 Å². The quantitative estimate of drug-likeness (QED) is 0.641. The van der Waals surface area contributed by atoms with Gasteiger partial charge in [0.15, 0.2) is 0 Å². The molecule has 0 aromatic heterocycles. The first-order valence-corrected chi connectivity index (χ1v) is 10.4. The maximum Gasteiger partial charge on any atom is 0.338 e.